The lowest BCUT2D eigenvalue weighted by Gasteiger charge is -2.31. The Morgan fingerprint density at radius 2 is 2.12 bits per heavy atom. The number of aromatic nitrogens is 2. The van der Waals surface area contributed by atoms with E-state index in [4.69, 9.17) is 4.74 Å². The van der Waals surface area contributed by atoms with Crippen LogP contribution >= 0.6 is 15.9 Å². The van der Waals surface area contributed by atoms with Crippen LogP contribution in [0.5, 0.6) is 0 Å². The van der Waals surface area contributed by atoms with E-state index in [1.54, 1.807) is 17.2 Å². The Bertz CT molecular complexity index is 799. The van der Waals surface area contributed by atoms with Crippen molar-refractivity contribution in [1.82, 2.24) is 14.3 Å². The lowest BCUT2D eigenvalue weighted by atomic mass is 10.3. The molecule has 0 spiro atoms. The van der Waals surface area contributed by atoms with E-state index in [9.17, 15) is 9.59 Å². The minimum Gasteiger partial charge on any atom is -0.450 e. The van der Waals surface area contributed by atoms with E-state index in [0.29, 0.717) is 31.9 Å². The van der Waals surface area contributed by atoms with Crippen molar-refractivity contribution in [2.45, 2.75) is 13.5 Å². The number of quaternary nitrogens is 1. The van der Waals surface area contributed by atoms with E-state index < -0.39 is 0 Å². The maximum absolute atomic E-state index is 12.2. The van der Waals surface area contributed by atoms with Crippen molar-refractivity contribution in [1.29, 1.82) is 0 Å². The van der Waals surface area contributed by atoms with Crippen LogP contribution in [-0.4, -0.2) is 53.2 Å². The summed E-state index contributed by atoms with van der Waals surface area (Å²) >= 11 is 3.36. The Morgan fingerprint density at radius 1 is 1.38 bits per heavy atom. The third kappa shape index (κ3) is 3.76. The molecule has 1 fully saturated rings. The third-order valence-corrected chi connectivity index (χ3v) is 4.57. The number of amides is 1. The SMILES string of the molecule is CCOC(=O)N1CC[NH+](Cc2cc(=O)n3cc(Br)ccc3n2)CC1. The molecule has 3 rings (SSSR count). The highest BCUT2D eigenvalue weighted by molar-refractivity contribution is 9.10. The van der Waals surface area contributed by atoms with Crippen LogP contribution < -0.4 is 10.5 Å². The average Bonchev–Trinajstić information content (AvgIpc) is 2.56. The van der Waals surface area contributed by atoms with E-state index in [-0.39, 0.29) is 11.7 Å². The first-order valence-electron chi connectivity index (χ1n) is 8.00. The molecule has 2 aromatic heterocycles. The van der Waals surface area contributed by atoms with E-state index in [0.717, 1.165) is 23.3 Å². The summed E-state index contributed by atoms with van der Waals surface area (Å²) in [6.45, 7) is 5.84. The van der Waals surface area contributed by atoms with Crippen LogP contribution in [0.25, 0.3) is 5.65 Å². The zero-order valence-electron chi connectivity index (χ0n) is 13.5. The number of fused-ring (bicyclic) bond motifs is 1. The van der Waals surface area contributed by atoms with Crippen molar-refractivity contribution < 1.29 is 14.4 Å². The van der Waals surface area contributed by atoms with Crippen LogP contribution in [0.1, 0.15) is 12.6 Å². The van der Waals surface area contributed by atoms with Gasteiger partial charge in [-0.25, -0.2) is 9.78 Å². The molecule has 0 unspecified atom stereocenters. The number of ether oxygens (including phenoxy) is 1. The molecule has 0 atom stereocenters. The predicted octanol–water partition coefficient (Wildman–Crippen LogP) is 0.314. The Labute approximate surface area is 148 Å². The Hall–Kier alpha value is -1.93. The summed E-state index contributed by atoms with van der Waals surface area (Å²) in [6, 6.07) is 5.28. The second-order valence-electron chi connectivity index (χ2n) is 5.77. The molecule has 2 aromatic rings. The van der Waals surface area contributed by atoms with E-state index in [1.807, 2.05) is 19.1 Å². The minimum absolute atomic E-state index is 0.0825. The van der Waals surface area contributed by atoms with Gasteiger partial charge in [-0.3, -0.25) is 14.1 Å². The highest BCUT2D eigenvalue weighted by Gasteiger charge is 2.25. The van der Waals surface area contributed by atoms with Crippen molar-refractivity contribution in [3.8, 4) is 0 Å². The zero-order chi connectivity index (χ0) is 17.1. The maximum Gasteiger partial charge on any atom is 0.410 e. The largest absolute Gasteiger partial charge is 0.450 e. The van der Waals surface area contributed by atoms with Crippen LogP contribution in [0, 0.1) is 0 Å². The minimum atomic E-state index is -0.246. The smallest absolute Gasteiger partial charge is 0.410 e. The molecule has 0 aromatic carbocycles. The van der Waals surface area contributed by atoms with Crippen LogP contribution in [0.15, 0.2) is 33.7 Å². The number of carbonyl (C=O) groups is 1. The first kappa shape index (κ1) is 16.9. The molecule has 7 nitrogen and oxygen atoms in total. The molecule has 0 aliphatic carbocycles. The number of hydrogen-bond acceptors (Lipinski definition) is 4. The molecule has 1 amide bonds. The van der Waals surface area contributed by atoms with Crippen LogP contribution in [0.4, 0.5) is 4.79 Å². The number of carbonyl (C=O) groups excluding carboxylic acids is 1. The molecule has 0 radical (unpaired) electrons. The van der Waals surface area contributed by atoms with Gasteiger partial charge < -0.3 is 9.64 Å². The topological polar surface area (TPSA) is 68.3 Å². The number of hydrogen-bond donors (Lipinski definition) is 1. The fraction of sp³-hybridized carbons (Fsp3) is 0.438. The molecular weight excluding hydrogens is 376 g/mol. The van der Waals surface area contributed by atoms with Crippen LogP contribution in [0.3, 0.4) is 0 Å². The molecule has 1 saturated heterocycles. The number of halogens is 1. The van der Waals surface area contributed by atoms with Gasteiger partial charge in [-0.1, -0.05) is 0 Å². The highest BCUT2D eigenvalue weighted by Crippen LogP contribution is 2.09. The summed E-state index contributed by atoms with van der Waals surface area (Å²) in [5.41, 5.74) is 1.34. The van der Waals surface area contributed by atoms with Crippen molar-refractivity contribution in [3.05, 3.63) is 44.9 Å². The number of pyridine rings is 1. The summed E-state index contributed by atoms with van der Waals surface area (Å²) in [5.74, 6) is 0. The average molecular weight is 396 g/mol. The molecule has 1 N–H and O–H groups in total. The number of nitrogens with zero attached hydrogens (tertiary/aromatic N) is 3. The normalized spacial score (nSPS) is 15.7. The van der Waals surface area contributed by atoms with Crippen LogP contribution in [-0.2, 0) is 11.3 Å². The first-order chi connectivity index (χ1) is 11.6. The molecular formula is C16H20BrN4O3+. The van der Waals surface area contributed by atoms with Crippen molar-refractivity contribution in [3.63, 3.8) is 0 Å². The predicted molar refractivity (Wildman–Crippen MR) is 92.2 cm³/mol. The highest BCUT2D eigenvalue weighted by atomic mass is 79.9. The Balaban J connectivity index is 1.67. The Kier molecular flexibility index (Phi) is 5.15. The summed E-state index contributed by atoms with van der Waals surface area (Å²) in [4.78, 5) is 31.6. The molecule has 128 valence electrons. The maximum atomic E-state index is 12.2. The standard InChI is InChI=1S/C16H19BrN4O3/c1-2-24-16(23)20-7-5-19(6-8-20)11-13-9-15(22)21-10-12(17)3-4-14(21)18-13/h3-4,9-10H,2,5-8,11H2,1H3/p+1. The lowest BCUT2D eigenvalue weighted by Crippen LogP contribution is -3.13. The van der Waals surface area contributed by atoms with Crippen molar-refractivity contribution in [2.24, 2.45) is 0 Å². The third-order valence-electron chi connectivity index (χ3n) is 4.10. The van der Waals surface area contributed by atoms with E-state index >= 15 is 0 Å². The van der Waals surface area contributed by atoms with Crippen molar-refractivity contribution in [2.75, 3.05) is 32.8 Å². The molecule has 8 heteroatoms. The van der Waals surface area contributed by atoms with Crippen LogP contribution in [0.2, 0.25) is 0 Å². The lowest BCUT2D eigenvalue weighted by molar-refractivity contribution is -0.918. The van der Waals surface area contributed by atoms with Crippen molar-refractivity contribution >= 4 is 27.7 Å². The quantitative estimate of drug-likeness (QED) is 0.812. The fourth-order valence-corrected chi connectivity index (χ4v) is 3.21. The monoisotopic (exact) mass is 395 g/mol. The molecule has 1 aliphatic rings. The van der Waals surface area contributed by atoms with E-state index in [1.165, 1.54) is 9.30 Å². The number of nitrogens with one attached hydrogen (secondary N) is 1. The second-order valence-corrected chi connectivity index (χ2v) is 6.69. The van der Waals surface area contributed by atoms with Gasteiger partial charge in [-0.05, 0) is 35.0 Å². The Morgan fingerprint density at radius 3 is 2.83 bits per heavy atom. The van der Waals surface area contributed by atoms with Gasteiger partial charge in [-0.2, -0.15) is 0 Å². The number of piperazine rings is 1. The molecule has 0 bridgehead atoms. The summed E-state index contributed by atoms with van der Waals surface area (Å²) in [7, 11) is 0. The molecule has 3 heterocycles. The van der Waals surface area contributed by atoms with Gasteiger partial charge in [0.15, 0.2) is 0 Å². The number of rotatable bonds is 3. The van der Waals surface area contributed by atoms with Gasteiger partial charge in [0.05, 0.1) is 32.8 Å². The van der Waals surface area contributed by atoms with E-state index in [2.05, 4.69) is 20.9 Å². The second kappa shape index (κ2) is 7.31. The van der Waals surface area contributed by atoms with Gasteiger partial charge in [-0.15, -0.1) is 0 Å². The van der Waals surface area contributed by atoms with Gasteiger partial charge in [0.2, 0.25) is 0 Å². The first-order valence-corrected chi connectivity index (χ1v) is 8.79. The molecule has 24 heavy (non-hydrogen) atoms. The van der Waals surface area contributed by atoms with Gasteiger partial charge in [0.25, 0.3) is 5.56 Å². The molecule has 1 aliphatic heterocycles. The van der Waals surface area contributed by atoms with Gasteiger partial charge in [0.1, 0.15) is 17.9 Å². The molecule has 0 saturated carbocycles. The van der Waals surface area contributed by atoms with Gasteiger partial charge >= 0.3 is 6.09 Å². The van der Waals surface area contributed by atoms with Gasteiger partial charge in [0, 0.05) is 16.7 Å². The summed E-state index contributed by atoms with van der Waals surface area (Å²) < 4.78 is 7.40. The summed E-state index contributed by atoms with van der Waals surface area (Å²) in [5, 5.41) is 0. The zero-order valence-corrected chi connectivity index (χ0v) is 15.1. The fourth-order valence-electron chi connectivity index (χ4n) is 2.87. The summed E-state index contributed by atoms with van der Waals surface area (Å²) in [6.07, 6.45) is 1.48.